The molecule has 2 N–H and O–H groups in total. The fourth-order valence-corrected chi connectivity index (χ4v) is 3.56. The van der Waals surface area contributed by atoms with E-state index in [-0.39, 0.29) is 24.0 Å². The van der Waals surface area contributed by atoms with Gasteiger partial charge in [-0.05, 0) is 30.3 Å². The Morgan fingerprint density at radius 1 is 1.06 bits per heavy atom. The maximum absolute atomic E-state index is 13.0. The lowest BCUT2D eigenvalue weighted by atomic mass is 10.1. The number of hydrogen-bond donors (Lipinski definition) is 2. The SMILES string of the molecule is O=C(Cc1csc(NC(=O)c2ccc3c(c2)OCO3)n1)Nc1ccccc1C(F)(F)F. The first-order valence-corrected chi connectivity index (χ1v) is 9.79. The highest BCUT2D eigenvalue weighted by Crippen LogP contribution is 2.35. The first-order valence-electron chi connectivity index (χ1n) is 8.91. The predicted octanol–water partition coefficient (Wildman–Crippen LogP) is 4.32. The van der Waals surface area contributed by atoms with Gasteiger partial charge < -0.3 is 14.8 Å². The number of carbonyl (C=O) groups excluding carboxylic acids is 2. The van der Waals surface area contributed by atoms with Crippen molar-refractivity contribution in [1.82, 2.24) is 4.98 Å². The van der Waals surface area contributed by atoms with Crippen molar-refractivity contribution in [2.75, 3.05) is 17.4 Å². The van der Waals surface area contributed by atoms with Crippen molar-refractivity contribution in [2.45, 2.75) is 12.6 Å². The Kier molecular flexibility index (Phi) is 5.51. The number of carbonyl (C=O) groups is 2. The fourth-order valence-electron chi connectivity index (χ4n) is 2.85. The summed E-state index contributed by atoms with van der Waals surface area (Å²) < 4.78 is 49.6. The summed E-state index contributed by atoms with van der Waals surface area (Å²) in [4.78, 5) is 28.7. The van der Waals surface area contributed by atoms with E-state index in [9.17, 15) is 22.8 Å². The predicted molar refractivity (Wildman–Crippen MR) is 106 cm³/mol. The second-order valence-corrected chi connectivity index (χ2v) is 7.29. The minimum Gasteiger partial charge on any atom is -0.454 e. The number of rotatable bonds is 5. The third kappa shape index (κ3) is 4.77. The number of para-hydroxylation sites is 1. The summed E-state index contributed by atoms with van der Waals surface area (Å²) in [5, 5.41) is 6.67. The third-order valence-electron chi connectivity index (χ3n) is 4.26. The van der Waals surface area contributed by atoms with Crippen LogP contribution in [0.25, 0.3) is 0 Å². The number of alkyl halides is 3. The molecular weight excluding hydrogens is 435 g/mol. The average molecular weight is 449 g/mol. The van der Waals surface area contributed by atoms with Crippen molar-refractivity contribution in [3.8, 4) is 11.5 Å². The van der Waals surface area contributed by atoms with Crippen molar-refractivity contribution < 1.29 is 32.2 Å². The van der Waals surface area contributed by atoms with Gasteiger partial charge in [0.15, 0.2) is 16.6 Å². The topological polar surface area (TPSA) is 89.6 Å². The zero-order valence-corrected chi connectivity index (χ0v) is 16.5. The zero-order valence-electron chi connectivity index (χ0n) is 15.7. The molecule has 1 aliphatic heterocycles. The molecule has 0 spiro atoms. The number of anilines is 2. The molecule has 2 amide bonds. The van der Waals surface area contributed by atoms with Gasteiger partial charge in [-0.1, -0.05) is 12.1 Å². The smallest absolute Gasteiger partial charge is 0.418 e. The van der Waals surface area contributed by atoms with Crippen molar-refractivity contribution in [1.29, 1.82) is 0 Å². The molecule has 7 nitrogen and oxygen atoms in total. The van der Waals surface area contributed by atoms with Gasteiger partial charge in [0.1, 0.15) is 0 Å². The molecule has 1 aliphatic rings. The molecule has 1 aromatic heterocycles. The van der Waals surface area contributed by atoms with Crippen LogP contribution in [0.15, 0.2) is 47.8 Å². The number of nitrogens with one attached hydrogen (secondary N) is 2. The Morgan fingerprint density at radius 2 is 1.84 bits per heavy atom. The van der Waals surface area contributed by atoms with Crippen molar-refractivity contribution in [2.24, 2.45) is 0 Å². The Balaban J connectivity index is 1.38. The average Bonchev–Trinajstić information content (AvgIpc) is 3.36. The number of hydrogen-bond acceptors (Lipinski definition) is 6. The quantitative estimate of drug-likeness (QED) is 0.606. The van der Waals surface area contributed by atoms with Crippen LogP contribution in [-0.2, 0) is 17.4 Å². The number of fused-ring (bicyclic) bond motifs is 1. The first kappa shape index (κ1) is 20.7. The lowest BCUT2D eigenvalue weighted by Crippen LogP contribution is -2.18. The Morgan fingerprint density at radius 3 is 2.65 bits per heavy atom. The number of nitrogens with zero attached hydrogens (tertiary/aromatic N) is 1. The standard InChI is InChI=1S/C20H14F3N3O4S/c21-20(22,23)13-3-1-2-4-14(13)25-17(27)8-12-9-31-19(24-12)26-18(28)11-5-6-15-16(7-11)30-10-29-15/h1-7,9H,8,10H2,(H,25,27)(H,24,26,28). The highest BCUT2D eigenvalue weighted by Gasteiger charge is 2.33. The lowest BCUT2D eigenvalue weighted by molar-refractivity contribution is -0.137. The molecule has 0 aliphatic carbocycles. The summed E-state index contributed by atoms with van der Waals surface area (Å²) in [5.41, 5.74) is -0.611. The highest BCUT2D eigenvalue weighted by atomic mass is 32.1. The van der Waals surface area contributed by atoms with Gasteiger partial charge in [-0.3, -0.25) is 14.9 Å². The lowest BCUT2D eigenvalue weighted by Gasteiger charge is -2.13. The molecule has 0 bridgehead atoms. The normalized spacial score (nSPS) is 12.5. The summed E-state index contributed by atoms with van der Waals surface area (Å²) in [5.74, 6) is -0.0760. The van der Waals surface area contributed by atoms with Crippen molar-refractivity contribution in [3.63, 3.8) is 0 Å². The molecule has 2 aromatic carbocycles. The second kappa shape index (κ2) is 8.26. The van der Waals surface area contributed by atoms with Crippen LogP contribution >= 0.6 is 11.3 Å². The van der Waals surface area contributed by atoms with E-state index < -0.39 is 23.6 Å². The van der Waals surface area contributed by atoms with Crippen LogP contribution in [0.2, 0.25) is 0 Å². The van der Waals surface area contributed by atoms with E-state index >= 15 is 0 Å². The number of aromatic nitrogens is 1. The van der Waals surface area contributed by atoms with E-state index in [2.05, 4.69) is 15.6 Å². The van der Waals surface area contributed by atoms with Crippen LogP contribution < -0.4 is 20.1 Å². The molecular formula is C20H14F3N3O4S. The Bertz CT molecular complexity index is 1150. The number of ether oxygens (including phenoxy) is 2. The van der Waals surface area contributed by atoms with Gasteiger partial charge in [0, 0.05) is 10.9 Å². The van der Waals surface area contributed by atoms with Crippen LogP contribution in [0, 0.1) is 0 Å². The maximum atomic E-state index is 13.0. The molecule has 160 valence electrons. The second-order valence-electron chi connectivity index (χ2n) is 6.43. The summed E-state index contributed by atoms with van der Waals surface area (Å²) in [6, 6.07) is 9.45. The summed E-state index contributed by atoms with van der Waals surface area (Å²) in [6.07, 6.45) is -4.83. The van der Waals surface area contributed by atoms with E-state index in [0.717, 1.165) is 17.4 Å². The fraction of sp³-hybridized carbons (Fsp3) is 0.150. The molecule has 0 radical (unpaired) electrons. The minimum atomic E-state index is -4.59. The molecule has 2 heterocycles. The summed E-state index contributed by atoms with van der Waals surface area (Å²) in [6.45, 7) is 0.0890. The van der Waals surface area contributed by atoms with E-state index in [0.29, 0.717) is 22.8 Å². The van der Waals surface area contributed by atoms with E-state index in [1.807, 2.05) is 0 Å². The number of thiazole rings is 1. The third-order valence-corrected chi connectivity index (χ3v) is 5.06. The Labute approximate surface area is 177 Å². The molecule has 11 heteroatoms. The van der Waals surface area contributed by atoms with Gasteiger partial charge in [-0.2, -0.15) is 13.2 Å². The van der Waals surface area contributed by atoms with E-state index in [4.69, 9.17) is 9.47 Å². The molecule has 0 fully saturated rings. The monoisotopic (exact) mass is 449 g/mol. The number of benzene rings is 2. The van der Waals surface area contributed by atoms with Crippen LogP contribution in [0.1, 0.15) is 21.6 Å². The van der Waals surface area contributed by atoms with Gasteiger partial charge in [-0.25, -0.2) is 4.98 Å². The van der Waals surface area contributed by atoms with Gasteiger partial charge in [-0.15, -0.1) is 11.3 Å². The molecule has 3 aromatic rings. The molecule has 4 rings (SSSR count). The van der Waals surface area contributed by atoms with Crippen LogP contribution in [0.4, 0.5) is 24.0 Å². The molecule has 31 heavy (non-hydrogen) atoms. The van der Waals surface area contributed by atoms with E-state index in [1.165, 1.54) is 24.3 Å². The minimum absolute atomic E-state index is 0.0890. The number of halogens is 3. The van der Waals surface area contributed by atoms with E-state index in [1.54, 1.807) is 17.5 Å². The largest absolute Gasteiger partial charge is 0.454 e. The van der Waals surface area contributed by atoms with Crippen LogP contribution in [-0.4, -0.2) is 23.6 Å². The molecule has 0 saturated carbocycles. The van der Waals surface area contributed by atoms with Gasteiger partial charge in [0.05, 0.1) is 23.4 Å². The van der Waals surface area contributed by atoms with Gasteiger partial charge in [0.2, 0.25) is 12.7 Å². The van der Waals surface area contributed by atoms with Gasteiger partial charge >= 0.3 is 6.18 Å². The molecule has 0 unspecified atom stereocenters. The van der Waals surface area contributed by atoms with Crippen molar-refractivity contribution in [3.05, 3.63) is 64.7 Å². The maximum Gasteiger partial charge on any atom is 0.418 e. The first-order chi connectivity index (χ1) is 14.8. The van der Waals surface area contributed by atoms with Crippen LogP contribution in [0.5, 0.6) is 11.5 Å². The summed E-state index contributed by atoms with van der Waals surface area (Å²) >= 11 is 1.09. The van der Waals surface area contributed by atoms with Crippen molar-refractivity contribution >= 4 is 34.0 Å². The van der Waals surface area contributed by atoms with Crippen LogP contribution in [0.3, 0.4) is 0 Å². The zero-order chi connectivity index (χ0) is 22.0. The molecule has 0 atom stereocenters. The number of amides is 2. The van der Waals surface area contributed by atoms with Gasteiger partial charge in [0.25, 0.3) is 5.91 Å². The highest BCUT2D eigenvalue weighted by molar-refractivity contribution is 7.14. The molecule has 0 saturated heterocycles. The Hall–Kier alpha value is -3.60. The summed E-state index contributed by atoms with van der Waals surface area (Å²) in [7, 11) is 0.